The summed E-state index contributed by atoms with van der Waals surface area (Å²) in [5, 5.41) is 3.99. The van der Waals surface area contributed by atoms with Crippen molar-refractivity contribution in [3.63, 3.8) is 0 Å². The Labute approximate surface area is 126 Å². The van der Waals surface area contributed by atoms with Gasteiger partial charge < -0.3 is 10.2 Å². The number of urea groups is 1. The molecule has 1 aromatic carbocycles. The number of hydrogen-bond acceptors (Lipinski definition) is 1. The first kappa shape index (κ1) is 15.2. The van der Waals surface area contributed by atoms with Gasteiger partial charge in [0.25, 0.3) is 0 Å². The standard InChI is InChI=1S/C16H23ClN2O/c1-3-19(4-2)15(20)18-16(10-5-6-11-16)13-8-7-9-14(17)12-13/h7-9,12H,3-6,10-11H2,1-2H3,(H,18,20). The molecule has 0 spiro atoms. The molecule has 0 aliphatic heterocycles. The zero-order chi connectivity index (χ0) is 14.6. The summed E-state index contributed by atoms with van der Waals surface area (Å²) in [5.74, 6) is 0. The molecule has 20 heavy (non-hydrogen) atoms. The summed E-state index contributed by atoms with van der Waals surface area (Å²) in [6.45, 7) is 5.47. The van der Waals surface area contributed by atoms with Crippen molar-refractivity contribution in [2.45, 2.75) is 45.1 Å². The van der Waals surface area contributed by atoms with Crippen LogP contribution in [0.1, 0.15) is 45.1 Å². The van der Waals surface area contributed by atoms with Crippen molar-refractivity contribution >= 4 is 17.6 Å². The molecule has 1 fully saturated rings. The lowest BCUT2D eigenvalue weighted by Crippen LogP contribution is -2.50. The Morgan fingerprint density at radius 1 is 1.30 bits per heavy atom. The third kappa shape index (κ3) is 3.09. The van der Waals surface area contributed by atoms with Crippen LogP contribution in [0.25, 0.3) is 0 Å². The van der Waals surface area contributed by atoms with Crippen LogP contribution >= 0.6 is 11.6 Å². The third-order valence-electron chi connectivity index (χ3n) is 4.23. The first-order valence-corrected chi connectivity index (χ1v) is 7.82. The summed E-state index contributed by atoms with van der Waals surface area (Å²) in [5.41, 5.74) is 0.882. The second-order valence-corrected chi connectivity index (χ2v) is 5.84. The van der Waals surface area contributed by atoms with Gasteiger partial charge in [0.1, 0.15) is 0 Å². The van der Waals surface area contributed by atoms with Crippen molar-refractivity contribution in [2.75, 3.05) is 13.1 Å². The molecule has 3 nitrogen and oxygen atoms in total. The molecule has 0 atom stereocenters. The molecule has 0 unspecified atom stereocenters. The van der Waals surface area contributed by atoms with E-state index in [1.165, 1.54) is 0 Å². The van der Waals surface area contributed by atoms with Crippen LogP contribution in [0.3, 0.4) is 0 Å². The Morgan fingerprint density at radius 3 is 2.50 bits per heavy atom. The minimum Gasteiger partial charge on any atom is -0.328 e. The first-order chi connectivity index (χ1) is 9.61. The van der Waals surface area contributed by atoms with Gasteiger partial charge in [-0.2, -0.15) is 0 Å². The molecule has 1 aliphatic carbocycles. The van der Waals surface area contributed by atoms with Crippen molar-refractivity contribution < 1.29 is 4.79 Å². The minimum atomic E-state index is -0.245. The molecule has 2 amide bonds. The quantitative estimate of drug-likeness (QED) is 0.888. The van der Waals surface area contributed by atoms with Crippen LogP contribution in [0.2, 0.25) is 5.02 Å². The summed E-state index contributed by atoms with van der Waals surface area (Å²) < 4.78 is 0. The van der Waals surface area contributed by atoms with Crippen LogP contribution in [0.15, 0.2) is 24.3 Å². The van der Waals surface area contributed by atoms with Gasteiger partial charge in [-0.05, 0) is 44.4 Å². The topological polar surface area (TPSA) is 32.3 Å². The number of halogens is 1. The molecule has 1 aliphatic rings. The number of nitrogens with zero attached hydrogens (tertiary/aromatic N) is 1. The highest BCUT2D eigenvalue weighted by atomic mass is 35.5. The Morgan fingerprint density at radius 2 is 1.95 bits per heavy atom. The van der Waals surface area contributed by atoms with E-state index in [0.717, 1.165) is 49.4 Å². The molecule has 110 valence electrons. The van der Waals surface area contributed by atoms with Crippen LogP contribution in [-0.2, 0) is 5.54 Å². The summed E-state index contributed by atoms with van der Waals surface area (Å²) in [6.07, 6.45) is 4.26. The van der Waals surface area contributed by atoms with Gasteiger partial charge in [0.2, 0.25) is 0 Å². The molecule has 0 bridgehead atoms. The van der Waals surface area contributed by atoms with E-state index in [1.54, 1.807) is 0 Å². The smallest absolute Gasteiger partial charge is 0.318 e. The van der Waals surface area contributed by atoms with Gasteiger partial charge in [-0.15, -0.1) is 0 Å². The highest BCUT2D eigenvalue weighted by Gasteiger charge is 2.37. The average Bonchev–Trinajstić information content (AvgIpc) is 2.90. The Bertz CT molecular complexity index is 465. The van der Waals surface area contributed by atoms with E-state index in [9.17, 15) is 4.79 Å². The van der Waals surface area contributed by atoms with Gasteiger partial charge in [0.15, 0.2) is 0 Å². The van der Waals surface area contributed by atoms with Crippen molar-refractivity contribution in [1.29, 1.82) is 0 Å². The van der Waals surface area contributed by atoms with Crippen LogP contribution in [0.4, 0.5) is 4.79 Å². The Balaban J connectivity index is 2.24. The van der Waals surface area contributed by atoms with Crippen LogP contribution < -0.4 is 5.32 Å². The second kappa shape index (κ2) is 6.49. The normalized spacial score (nSPS) is 16.9. The average molecular weight is 295 g/mol. The van der Waals surface area contributed by atoms with Crippen molar-refractivity contribution in [3.8, 4) is 0 Å². The Kier molecular flexibility index (Phi) is 4.92. The molecular formula is C16H23ClN2O. The summed E-state index contributed by atoms with van der Waals surface area (Å²) in [4.78, 5) is 14.2. The van der Waals surface area contributed by atoms with E-state index < -0.39 is 0 Å². The largest absolute Gasteiger partial charge is 0.328 e. The van der Waals surface area contributed by atoms with Crippen molar-refractivity contribution in [1.82, 2.24) is 10.2 Å². The van der Waals surface area contributed by atoms with E-state index in [0.29, 0.717) is 0 Å². The zero-order valence-corrected chi connectivity index (χ0v) is 13.0. The maximum absolute atomic E-state index is 12.4. The molecule has 0 saturated heterocycles. The van der Waals surface area contributed by atoms with E-state index in [1.807, 2.05) is 36.9 Å². The number of carbonyl (C=O) groups is 1. The van der Waals surface area contributed by atoms with E-state index in [2.05, 4.69) is 11.4 Å². The minimum absolute atomic E-state index is 0.0249. The van der Waals surface area contributed by atoms with Crippen molar-refractivity contribution in [3.05, 3.63) is 34.9 Å². The number of benzene rings is 1. The molecule has 1 N–H and O–H groups in total. The number of hydrogen-bond donors (Lipinski definition) is 1. The highest BCUT2D eigenvalue weighted by molar-refractivity contribution is 6.30. The fraction of sp³-hybridized carbons (Fsp3) is 0.562. The lowest BCUT2D eigenvalue weighted by Gasteiger charge is -2.33. The van der Waals surface area contributed by atoms with Gasteiger partial charge in [0.05, 0.1) is 5.54 Å². The number of carbonyl (C=O) groups excluding carboxylic acids is 1. The van der Waals surface area contributed by atoms with Gasteiger partial charge in [-0.1, -0.05) is 36.6 Å². The van der Waals surface area contributed by atoms with Gasteiger partial charge >= 0.3 is 6.03 Å². The summed E-state index contributed by atoms with van der Waals surface area (Å²) in [6, 6.07) is 7.91. The first-order valence-electron chi connectivity index (χ1n) is 7.44. The fourth-order valence-electron chi connectivity index (χ4n) is 3.05. The maximum atomic E-state index is 12.4. The maximum Gasteiger partial charge on any atom is 0.318 e. The zero-order valence-electron chi connectivity index (χ0n) is 12.3. The van der Waals surface area contributed by atoms with Crippen LogP contribution in [0, 0.1) is 0 Å². The predicted octanol–water partition coefficient (Wildman–Crippen LogP) is 4.16. The Hall–Kier alpha value is -1.22. The monoisotopic (exact) mass is 294 g/mol. The number of nitrogens with one attached hydrogen (secondary N) is 1. The SMILES string of the molecule is CCN(CC)C(=O)NC1(c2cccc(Cl)c2)CCCC1. The van der Waals surface area contributed by atoms with E-state index in [4.69, 9.17) is 11.6 Å². The summed E-state index contributed by atoms with van der Waals surface area (Å²) in [7, 11) is 0. The highest BCUT2D eigenvalue weighted by Crippen LogP contribution is 2.39. The number of amides is 2. The third-order valence-corrected chi connectivity index (χ3v) is 4.47. The van der Waals surface area contributed by atoms with E-state index in [-0.39, 0.29) is 11.6 Å². The molecule has 1 aromatic rings. The van der Waals surface area contributed by atoms with Gasteiger partial charge in [-0.25, -0.2) is 4.79 Å². The molecule has 1 saturated carbocycles. The lowest BCUT2D eigenvalue weighted by atomic mass is 9.88. The molecule has 0 radical (unpaired) electrons. The van der Waals surface area contributed by atoms with Crippen LogP contribution in [-0.4, -0.2) is 24.0 Å². The molecule has 4 heteroatoms. The van der Waals surface area contributed by atoms with Gasteiger partial charge in [-0.3, -0.25) is 0 Å². The summed E-state index contributed by atoms with van der Waals surface area (Å²) >= 11 is 6.12. The molecule has 0 aromatic heterocycles. The van der Waals surface area contributed by atoms with E-state index >= 15 is 0 Å². The van der Waals surface area contributed by atoms with Crippen LogP contribution in [0.5, 0.6) is 0 Å². The fourth-order valence-corrected chi connectivity index (χ4v) is 3.24. The van der Waals surface area contributed by atoms with Gasteiger partial charge in [0, 0.05) is 18.1 Å². The second-order valence-electron chi connectivity index (χ2n) is 5.40. The van der Waals surface area contributed by atoms with Crippen molar-refractivity contribution in [2.24, 2.45) is 0 Å². The molecular weight excluding hydrogens is 272 g/mol. The molecule has 2 rings (SSSR count). The number of rotatable bonds is 4. The predicted molar refractivity (Wildman–Crippen MR) is 83.1 cm³/mol. The lowest BCUT2D eigenvalue weighted by molar-refractivity contribution is 0.187. The molecule has 0 heterocycles.